The van der Waals surface area contributed by atoms with Crippen LogP contribution in [0.3, 0.4) is 0 Å². The van der Waals surface area contributed by atoms with Gasteiger partial charge < -0.3 is 14.6 Å². The molecule has 0 radical (unpaired) electrons. The van der Waals surface area contributed by atoms with Crippen LogP contribution in [0.2, 0.25) is 0 Å². The van der Waals surface area contributed by atoms with Gasteiger partial charge in [-0.3, -0.25) is 9.69 Å². The van der Waals surface area contributed by atoms with Crippen molar-refractivity contribution in [1.29, 1.82) is 0 Å². The monoisotopic (exact) mass is 307 g/mol. The van der Waals surface area contributed by atoms with E-state index >= 15 is 0 Å². The molecule has 22 heavy (non-hydrogen) atoms. The molecule has 1 heterocycles. The summed E-state index contributed by atoms with van der Waals surface area (Å²) in [5, 5.41) is 9.09. The summed E-state index contributed by atoms with van der Waals surface area (Å²) < 4.78 is 10.9. The SMILES string of the molecule is COc1cccc(OC)c1CN1CC(CC(=O)O)C(C)(C)C1. The molecule has 1 aliphatic heterocycles. The third-order valence-corrected chi connectivity index (χ3v) is 4.55. The first-order valence-electron chi connectivity index (χ1n) is 7.51. The summed E-state index contributed by atoms with van der Waals surface area (Å²) in [6, 6.07) is 5.75. The number of likely N-dealkylation sites (tertiary alicyclic amines) is 1. The van der Waals surface area contributed by atoms with Crippen LogP contribution in [0.25, 0.3) is 0 Å². The minimum absolute atomic E-state index is 0.00631. The number of hydrogen-bond donors (Lipinski definition) is 1. The highest BCUT2D eigenvalue weighted by Gasteiger charge is 2.40. The molecule has 5 heteroatoms. The summed E-state index contributed by atoms with van der Waals surface area (Å²) in [6.45, 7) is 6.62. The fourth-order valence-corrected chi connectivity index (χ4v) is 3.31. The maximum Gasteiger partial charge on any atom is 0.303 e. The Hall–Kier alpha value is -1.75. The van der Waals surface area contributed by atoms with Gasteiger partial charge in [0.05, 0.1) is 19.8 Å². The number of benzene rings is 1. The van der Waals surface area contributed by atoms with Gasteiger partial charge in [-0.25, -0.2) is 0 Å². The molecule has 1 unspecified atom stereocenters. The molecule has 0 aliphatic carbocycles. The third-order valence-electron chi connectivity index (χ3n) is 4.55. The predicted octanol–water partition coefficient (Wildman–Crippen LogP) is 2.64. The number of carbonyl (C=O) groups is 1. The molecule has 5 nitrogen and oxygen atoms in total. The second-order valence-corrected chi connectivity index (χ2v) is 6.59. The fraction of sp³-hybridized carbons (Fsp3) is 0.588. The minimum Gasteiger partial charge on any atom is -0.496 e. The molecular formula is C17H25NO4. The van der Waals surface area contributed by atoms with Crippen LogP contribution in [0.4, 0.5) is 0 Å². The molecule has 1 aromatic rings. The summed E-state index contributed by atoms with van der Waals surface area (Å²) >= 11 is 0. The zero-order chi connectivity index (χ0) is 16.3. The topological polar surface area (TPSA) is 59.0 Å². The van der Waals surface area contributed by atoms with E-state index in [-0.39, 0.29) is 17.8 Å². The maximum absolute atomic E-state index is 11.1. The van der Waals surface area contributed by atoms with Crippen LogP contribution in [-0.4, -0.2) is 43.3 Å². The van der Waals surface area contributed by atoms with E-state index in [9.17, 15) is 4.79 Å². The van der Waals surface area contributed by atoms with E-state index in [1.807, 2.05) is 18.2 Å². The Bertz CT molecular complexity index is 519. The first-order chi connectivity index (χ1) is 10.4. The Morgan fingerprint density at radius 2 is 1.91 bits per heavy atom. The van der Waals surface area contributed by atoms with Crippen molar-refractivity contribution in [2.75, 3.05) is 27.3 Å². The van der Waals surface area contributed by atoms with Gasteiger partial charge in [-0.15, -0.1) is 0 Å². The molecule has 1 fully saturated rings. The normalized spacial score (nSPS) is 20.8. The van der Waals surface area contributed by atoms with Crippen LogP contribution in [0.5, 0.6) is 11.5 Å². The molecule has 0 saturated carbocycles. The average molecular weight is 307 g/mol. The van der Waals surface area contributed by atoms with Crippen LogP contribution in [0.1, 0.15) is 25.8 Å². The third kappa shape index (κ3) is 3.53. The largest absolute Gasteiger partial charge is 0.496 e. The minimum atomic E-state index is -0.727. The first-order valence-corrected chi connectivity index (χ1v) is 7.51. The zero-order valence-electron chi connectivity index (χ0n) is 13.8. The summed E-state index contributed by atoms with van der Waals surface area (Å²) in [4.78, 5) is 13.3. The molecule has 1 aliphatic rings. The Labute approximate surface area is 131 Å². The highest BCUT2D eigenvalue weighted by molar-refractivity contribution is 5.67. The van der Waals surface area contributed by atoms with Crippen molar-refractivity contribution in [3.8, 4) is 11.5 Å². The van der Waals surface area contributed by atoms with Gasteiger partial charge in [-0.2, -0.15) is 0 Å². The number of aliphatic carboxylic acids is 1. The standard InChI is InChI=1S/C17H25NO4/c1-17(2)11-18(9-12(17)8-16(19)20)10-13-14(21-3)6-5-7-15(13)22-4/h5-7,12H,8-11H2,1-4H3,(H,19,20). The second-order valence-electron chi connectivity index (χ2n) is 6.59. The lowest BCUT2D eigenvalue weighted by molar-refractivity contribution is -0.138. The van der Waals surface area contributed by atoms with Crippen LogP contribution in [-0.2, 0) is 11.3 Å². The van der Waals surface area contributed by atoms with Crippen molar-refractivity contribution in [1.82, 2.24) is 4.90 Å². The number of carboxylic acid groups (broad SMARTS) is 1. The molecule has 2 rings (SSSR count). The van der Waals surface area contributed by atoms with Crippen molar-refractivity contribution in [2.45, 2.75) is 26.8 Å². The number of carboxylic acids is 1. The van der Waals surface area contributed by atoms with E-state index in [0.29, 0.717) is 6.54 Å². The molecule has 0 bridgehead atoms. The van der Waals surface area contributed by atoms with Gasteiger partial charge in [0.25, 0.3) is 0 Å². The molecule has 0 aromatic heterocycles. The van der Waals surface area contributed by atoms with Gasteiger partial charge in [0.2, 0.25) is 0 Å². The van der Waals surface area contributed by atoms with Gasteiger partial charge in [-0.05, 0) is 23.5 Å². The highest BCUT2D eigenvalue weighted by Crippen LogP contribution is 2.39. The van der Waals surface area contributed by atoms with Crippen molar-refractivity contribution in [3.63, 3.8) is 0 Å². The number of ether oxygens (including phenoxy) is 2. The van der Waals surface area contributed by atoms with Gasteiger partial charge in [0.1, 0.15) is 11.5 Å². The zero-order valence-corrected chi connectivity index (χ0v) is 13.8. The molecule has 0 amide bonds. The lowest BCUT2D eigenvalue weighted by atomic mass is 9.80. The van der Waals surface area contributed by atoms with Crippen LogP contribution in [0, 0.1) is 11.3 Å². The van der Waals surface area contributed by atoms with Crippen molar-refractivity contribution < 1.29 is 19.4 Å². The summed E-state index contributed by atoms with van der Waals surface area (Å²) in [7, 11) is 3.30. The molecule has 0 spiro atoms. The maximum atomic E-state index is 11.1. The number of hydrogen-bond acceptors (Lipinski definition) is 4. The first kappa shape index (κ1) is 16.6. The molecule has 1 atom stereocenters. The molecule has 122 valence electrons. The van der Waals surface area contributed by atoms with Gasteiger partial charge in [0.15, 0.2) is 0 Å². The quantitative estimate of drug-likeness (QED) is 0.875. The van der Waals surface area contributed by atoms with E-state index in [0.717, 1.165) is 30.2 Å². The lowest BCUT2D eigenvalue weighted by Crippen LogP contribution is -2.25. The lowest BCUT2D eigenvalue weighted by Gasteiger charge is -2.24. The van der Waals surface area contributed by atoms with Gasteiger partial charge in [0, 0.05) is 26.1 Å². The predicted molar refractivity (Wildman–Crippen MR) is 84.3 cm³/mol. The smallest absolute Gasteiger partial charge is 0.303 e. The average Bonchev–Trinajstić information content (AvgIpc) is 2.72. The van der Waals surface area contributed by atoms with E-state index < -0.39 is 5.97 Å². The van der Waals surface area contributed by atoms with E-state index in [2.05, 4.69) is 18.7 Å². The second kappa shape index (κ2) is 6.57. The summed E-state index contributed by atoms with van der Waals surface area (Å²) in [6.07, 6.45) is 0.215. The van der Waals surface area contributed by atoms with Crippen LogP contribution in [0.15, 0.2) is 18.2 Å². The summed E-state index contributed by atoms with van der Waals surface area (Å²) in [5.74, 6) is 1.04. The molecule has 1 aromatic carbocycles. The molecular weight excluding hydrogens is 282 g/mol. The Morgan fingerprint density at radius 1 is 1.32 bits per heavy atom. The number of nitrogens with zero attached hydrogens (tertiary/aromatic N) is 1. The molecule has 1 saturated heterocycles. The number of rotatable bonds is 6. The fourth-order valence-electron chi connectivity index (χ4n) is 3.31. The Morgan fingerprint density at radius 3 is 2.41 bits per heavy atom. The van der Waals surface area contributed by atoms with E-state index in [1.165, 1.54) is 0 Å². The summed E-state index contributed by atoms with van der Waals surface area (Å²) in [5.41, 5.74) is 1.01. The Balaban J connectivity index is 2.17. The highest BCUT2D eigenvalue weighted by atomic mass is 16.5. The van der Waals surface area contributed by atoms with Crippen LogP contribution >= 0.6 is 0 Å². The van der Waals surface area contributed by atoms with Crippen molar-refractivity contribution in [2.24, 2.45) is 11.3 Å². The Kier molecular flexibility index (Phi) is 4.96. The van der Waals surface area contributed by atoms with Crippen molar-refractivity contribution in [3.05, 3.63) is 23.8 Å². The van der Waals surface area contributed by atoms with Crippen molar-refractivity contribution >= 4 is 5.97 Å². The van der Waals surface area contributed by atoms with E-state index in [4.69, 9.17) is 14.6 Å². The van der Waals surface area contributed by atoms with Gasteiger partial charge >= 0.3 is 5.97 Å². The van der Waals surface area contributed by atoms with E-state index in [1.54, 1.807) is 14.2 Å². The van der Waals surface area contributed by atoms with Gasteiger partial charge in [-0.1, -0.05) is 19.9 Å². The molecule has 1 N–H and O–H groups in total. The van der Waals surface area contributed by atoms with Crippen LogP contribution < -0.4 is 9.47 Å². The number of methoxy groups -OCH3 is 2.